The van der Waals surface area contributed by atoms with Crippen LogP contribution in [0.25, 0.3) is 0 Å². The zero-order valence-corrected chi connectivity index (χ0v) is 14.1. The Morgan fingerprint density at radius 3 is 2.84 bits per heavy atom. The summed E-state index contributed by atoms with van der Waals surface area (Å²) in [6, 6.07) is 0. The molecule has 5 rings (SSSR count). The minimum absolute atomic E-state index is 0.180. The molecule has 3 saturated carbocycles. The third-order valence-corrected chi connectivity index (χ3v) is 8.12. The number of fused-ring (bicyclic) bond motifs is 1. The maximum Gasteiger partial charge on any atom is 0.316 e. The molecule has 4 bridgehead atoms. The molecule has 1 heterocycles. The van der Waals surface area contributed by atoms with E-state index < -0.39 is 51.9 Å². The first kappa shape index (κ1) is 15.6. The summed E-state index contributed by atoms with van der Waals surface area (Å²) in [6.07, 6.45) is 4.11. The number of carbonyl (C=O) groups is 2. The summed E-state index contributed by atoms with van der Waals surface area (Å²) in [7, 11) is 0. The van der Waals surface area contributed by atoms with Crippen molar-refractivity contribution in [2.45, 2.75) is 49.9 Å². The number of ether oxygens (including phenoxy) is 1. The lowest BCUT2D eigenvalue weighted by molar-refractivity contribution is -0.163. The molecular weight excluding hydrogens is 324 g/mol. The van der Waals surface area contributed by atoms with Gasteiger partial charge < -0.3 is 20.1 Å². The van der Waals surface area contributed by atoms with Gasteiger partial charge in [0.1, 0.15) is 11.0 Å². The Balaban J connectivity index is 1.78. The van der Waals surface area contributed by atoms with E-state index in [0.29, 0.717) is 31.3 Å². The Morgan fingerprint density at radius 1 is 1.44 bits per heavy atom. The fourth-order valence-electron chi connectivity index (χ4n) is 7.13. The van der Waals surface area contributed by atoms with Crippen molar-refractivity contribution < 1.29 is 29.6 Å². The second-order valence-electron chi connectivity index (χ2n) is 8.94. The van der Waals surface area contributed by atoms with Gasteiger partial charge >= 0.3 is 11.9 Å². The van der Waals surface area contributed by atoms with Crippen molar-refractivity contribution in [3.05, 3.63) is 24.3 Å². The predicted octanol–water partition coefficient (Wildman–Crippen LogP) is 1.03. The van der Waals surface area contributed by atoms with E-state index in [1.807, 2.05) is 0 Å². The standard InChI is InChI=1S/C19H22O6/c1-9-7-17-8-18(9,24)5-3-10(17)19-6-4-11(20)16(2,15(23)25-19)13(19)12(17)14(21)22/h4,6,10-13,20,24H,1,3,5,7-8H2,2H3,(H,21,22)/t10-,11-,12+,13-,16+,17-,18-,19+/m0/s1. The molecule has 0 unspecified atom stereocenters. The lowest BCUT2D eigenvalue weighted by Crippen LogP contribution is -2.50. The quantitative estimate of drug-likeness (QED) is 0.484. The van der Waals surface area contributed by atoms with Crippen LogP contribution >= 0.6 is 0 Å². The van der Waals surface area contributed by atoms with Crippen molar-refractivity contribution in [2.24, 2.45) is 28.6 Å². The molecule has 134 valence electrons. The number of aliphatic hydroxyl groups excluding tert-OH is 1. The van der Waals surface area contributed by atoms with Crippen molar-refractivity contribution in [2.75, 3.05) is 0 Å². The predicted molar refractivity (Wildman–Crippen MR) is 85.2 cm³/mol. The smallest absolute Gasteiger partial charge is 0.316 e. The number of aliphatic carboxylic acids is 1. The van der Waals surface area contributed by atoms with E-state index in [0.717, 1.165) is 0 Å². The van der Waals surface area contributed by atoms with Crippen LogP contribution in [-0.2, 0) is 14.3 Å². The number of esters is 1. The molecule has 1 saturated heterocycles. The highest BCUT2D eigenvalue weighted by Crippen LogP contribution is 2.77. The molecule has 0 aromatic rings. The first-order valence-electron chi connectivity index (χ1n) is 8.86. The van der Waals surface area contributed by atoms with Crippen LogP contribution in [0.3, 0.4) is 0 Å². The molecule has 25 heavy (non-hydrogen) atoms. The van der Waals surface area contributed by atoms with Gasteiger partial charge in [-0.1, -0.05) is 12.7 Å². The average Bonchev–Trinajstić information content (AvgIpc) is 2.95. The van der Waals surface area contributed by atoms with Crippen LogP contribution in [0, 0.1) is 28.6 Å². The summed E-state index contributed by atoms with van der Waals surface area (Å²) in [5.41, 5.74) is -3.29. The molecule has 6 nitrogen and oxygen atoms in total. The lowest BCUT2D eigenvalue weighted by atomic mass is 9.61. The summed E-state index contributed by atoms with van der Waals surface area (Å²) in [6.45, 7) is 5.64. The van der Waals surface area contributed by atoms with Gasteiger partial charge in [0.25, 0.3) is 0 Å². The second kappa shape index (κ2) is 4.01. The first-order valence-corrected chi connectivity index (χ1v) is 8.86. The third kappa shape index (κ3) is 1.36. The van der Waals surface area contributed by atoms with Gasteiger partial charge in [-0.15, -0.1) is 0 Å². The van der Waals surface area contributed by atoms with Crippen molar-refractivity contribution in [3.8, 4) is 0 Å². The van der Waals surface area contributed by atoms with Gasteiger partial charge in [0.2, 0.25) is 0 Å². The highest BCUT2D eigenvalue weighted by Gasteiger charge is 2.83. The van der Waals surface area contributed by atoms with E-state index in [-0.39, 0.29) is 5.92 Å². The number of hydrogen-bond donors (Lipinski definition) is 3. The van der Waals surface area contributed by atoms with Crippen LogP contribution in [0.4, 0.5) is 0 Å². The summed E-state index contributed by atoms with van der Waals surface area (Å²) in [5.74, 6) is -3.18. The van der Waals surface area contributed by atoms with E-state index in [9.17, 15) is 24.9 Å². The molecule has 0 aromatic carbocycles. The van der Waals surface area contributed by atoms with Gasteiger partial charge in [-0.3, -0.25) is 9.59 Å². The van der Waals surface area contributed by atoms with Crippen LogP contribution in [0.15, 0.2) is 24.3 Å². The summed E-state index contributed by atoms with van der Waals surface area (Å²) < 4.78 is 5.87. The lowest BCUT2D eigenvalue weighted by Gasteiger charge is -2.44. The molecule has 1 aliphatic heterocycles. The summed E-state index contributed by atoms with van der Waals surface area (Å²) in [4.78, 5) is 25.1. The van der Waals surface area contributed by atoms with Crippen LogP contribution < -0.4 is 0 Å². The maximum absolute atomic E-state index is 12.7. The van der Waals surface area contributed by atoms with E-state index in [4.69, 9.17) is 4.74 Å². The Kier molecular flexibility index (Phi) is 2.50. The minimum atomic E-state index is -1.27. The fourth-order valence-corrected chi connectivity index (χ4v) is 7.13. The topological polar surface area (TPSA) is 104 Å². The summed E-state index contributed by atoms with van der Waals surface area (Å²) in [5, 5.41) is 31.6. The van der Waals surface area contributed by atoms with Crippen molar-refractivity contribution in [1.29, 1.82) is 0 Å². The first-order chi connectivity index (χ1) is 11.6. The molecule has 6 heteroatoms. The largest absolute Gasteiger partial charge is 0.481 e. The van der Waals surface area contributed by atoms with Crippen LogP contribution in [-0.4, -0.2) is 44.6 Å². The second-order valence-corrected chi connectivity index (χ2v) is 8.94. The SMILES string of the molecule is C=C1C[C@]23C[C@@]1(O)CC[C@@H]2[C@@]12C=C[C@H](O)[C@@](C)(C(=O)O1)[C@@H]2[C@@H]3C(=O)O. The third-order valence-electron chi connectivity index (χ3n) is 8.12. The van der Waals surface area contributed by atoms with Gasteiger partial charge in [-0.2, -0.15) is 0 Å². The zero-order valence-electron chi connectivity index (χ0n) is 14.1. The molecule has 0 radical (unpaired) electrons. The minimum Gasteiger partial charge on any atom is -0.481 e. The molecule has 0 aromatic heterocycles. The molecule has 4 fully saturated rings. The highest BCUT2D eigenvalue weighted by atomic mass is 16.6. The molecule has 3 N–H and O–H groups in total. The van der Waals surface area contributed by atoms with E-state index >= 15 is 0 Å². The average molecular weight is 346 g/mol. The number of carboxylic acid groups (broad SMARTS) is 1. The van der Waals surface area contributed by atoms with Gasteiger partial charge in [-0.25, -0.2) is 0 Å². The van der Waals surface area contributed by atoms with Crippen molar-refractivity contribution >= 4 is 11.9 Å². The van der Waals surface area contributed by atoms with E-state index in [1.165, 1.54) is 0 Å². The zero-order chi connectivity index (χ0) is 18.0. The van der Waals surface area contributed by atoms with E-state index in [1.54, 1.807) is 19.1 Å². The number of hydrogen-bond acceptors (Lipinski definition) is 5. The molecule has 4 aliphatic carbocycles. The monoisotopic (exact) mass is 346 g/mol. The fraction of sp³-hybridized carbons (Fsp3) is 0.684. The Hall–Kier alpha value is -1.66. The number of aliphatic hydroxyl groups is 2. The molecule has 0 amide bonds. The molecule has 5 aliphatic rings. The van der Waals surface area contributed by atoms with Gasteiger partial charge in [-0.05, 0) is 49.7 Å². The Bertz CT molecular complexity index is 772. The number of rotatable bonds is 1. The molecule has 1 spiro atoms. The van der Waals surface area contributed by atoms with Crippen LogP contribution in [0.5, 0.6) is 0 Å². The van der Waals surface area contributed by atoms with Crippen LogP contribution in [0.2, 0.25) is 0 Å². The number of carboxylic acids is 1. The Labute approximate surface area is 145 Å². The van der Waals surface area contributed by atoms with Crippen molar-refractivity contribution in [3.63, 3.8) is 0 Å². The van der Waals surface area contributed by atoms with Gasteiger partial charge in [0, 0.05) is 11.8 Å². The van der Waals surface area contributed by atoms with Crippen LogP contribution in [0.1, 0.15) is 32.6 Å². The van der Waals surface area contributed by atoms with Crippen molar-refractivity contribution in [1.82, 2.24) is 0 Å². The Morgan fingerprint density at radius 2 is 2.16 bits per heavy atom. The maximum atomic E-state index is 12.7. The normalized spacial score (nSPS) is 58.0. The van der Waals surface area contributed by atoms with Gasteiger partial charge in [0.15, 0.2) is 0 Å². The molecule has 8 atom stereocenters. The summed E-state index contributed by atoms with van der Waals surface area (Å²) >= 11 is 0. The number of carbonyl (C=O) groups excluding carboxylic acids is 1. The van der Waals surface area contributed by atoms with E-state index in [2.05, 4.69) is 6.58 Å². The molecular formula is C19H22O6. The van der Waals surface area contributed by atoms with Gasteiger partial charge in [0.05, 0.1) is 17.6 Å². The highest BCUT2D eigenvalue weighted by molar-refractivity contribution is 5.86.